The molecular formula is C15H16N2O. The Bertz CT molecular complexity index is 537. The van der Waals surface area contributed by atoms with Crippen molar-refractivity contribution in [3.63, 3.8) is 0 Å². The number of carbonyl (C=O) groups is 1. The van der Waals surface area contributed by atoms with E-state index in [9.17, 15) is 4.79 Å². The smallest absolute Gasteiger partial charge is 0.254 e. The van der Waals surface area contributed by atoms with Crippen molar-refractivity contribution in [3.8, 4) is 0 Å². The fourth-order valence-electron chi connectivity index (χ4n) is 1.83. The van der Waals surface area contributed by atoms with Crippen LogP contribution in [0.2, 0.25) is 0 Å². The molecule has 0 radical (unpaired) electrons. The highest BCUT2D eigenvalue weighted by Crippen LogP contribution is 2.08. The van der Waals surface area contributed by atoms with Crippen LogP contribution in [-0.4, -0.2) is 22.8 Å². The zero-order chi connectivity index (χ0) is 13.0. The summed E-state index contributed by atoms with van der Waals surface area (Å²) in [5, 5.41) is 0. The highest BCUT2D eigenvalue weighted by Gasteiger charge is 2.11. The molecule has 0 atom stereocenters. The predicted octanol–water partition coefficient (Wildman–Crippen LogP) is 2.66. The molecular weight excluding hydrogens is 224 g/mol. The van der Waals surface area contributed by atoms with Gasteiger partial charge in [0.1, 0.15) is 0 Å². The van der Waals surface area contributed by atoms with E-state index in [0.717, 1.165) is 11.3 Å². The van der Waals surface area contributed by atoms with Crippen molar-refractivity contribution in [2.75, 3.05) is 7.05 Å². The van der Waals surface area contributed by atoms with Crippen LogP contribution in [0.4, 0.5) is 0 Å². The van der Waals surface area contributed by atoms with Gasteiger partial charge in [0, 0.05) is 31.0 Å². The fraction of sp³-hybridized carbons (Fsp3) is 0.200. The number of hydrogen-bond acceptors (Lipinski definition) is 2. The van der Waals surface area contributed by atoms with Gasteiger partial charge in [-0.05, 0) is 24.6 Å². The molecule has 3 nitrogen and oxygen atoms in total. The Morgan fingerprint density at radius 3 is 2.61 bits per heavy atom. The van der Waals surface area contributed by atoms with E-state index in [2.05, 4.69) is 4.98 Å². The highest BCUT2D eigenvalue weighted by atomic mass is 16.2. The molecule has 0 N–H and O–H groups in total. The van der Waals surface area contributed by atoms with Crippen LogP contribution >= 0.6 is 0 Å². The molecule has 3 heteroatoms. The van der Waals surface area contributed by atoms with Crippen molar-refractivity contribution in [3.05, 3.63) is 65.5 Å². The molecule has 1 amide bonds. The van der Waals surface area contributed by atoms with Gasteiger partial charge in [-0.3, -0.25) is 9.78 Å². The third-order valence-corrected chi connectivity index (χ3v) is 2.75. The lowest BCUT2D eigenvalue weighted by Crippen LogP contribution is -2.26. The Kier molecular flexibility index (Phi) is 3.72. The van der Waals surface area contributed by atoms with Crippen LogP contribution in [0.15, 0.2) is 48.7 Å². The van der Waals surface area contributed by atoms with Crippen LogP contribution < -0.4 is 0 Å². The van der Waals surface area contributed by atoms with Crippen LogP contribution in [0.3, 0.4) is 0 Å². The number of carbonyl (C=O) groups excluding carboxylic acids is 1. The van der Waals surface area contributed by atoms with E-state index in [1.807, 2.05) is 50.4 Å². The van der Waals surface area contributed by atoms with E-state index >= 15 is 0 Å². The Morgan fingerprint density at radius 2 is 1.94 bits per heavy atom. The minimum atomic E-state index is 0.0179. The normalized spacial score (nSPS) is 10.1. The lowest BCUT2D eigenvalue weighted by Gasteiger charge is -2.17. The quantitative estimate of drug-likeness (QED) is 0.826. The van der Waals surface area contributed by atoms with E-state index in [-0.39, 0.29) is 5.91 Å². The summed E-state index contributed by atoms with van der Waals surface area (Å²) in [5.74, 6) is 0.0179. The monoisotopic (exact) mass is 240 g/mol. The Morgan fingerprint density at radius 1 is 1.22 bits per heavy atom. The molecule has 18 heavy (non-hydrogen) atoms. The standard InChI is InChI=1S/C15H16N2O/c1-12-10-14(8-9-16-12)15(18)17(2)11-13-6-4-3-5-7-13/h3-10H,11H2,1-2H3. The molecule has 0 unspecified atom stereocenters. The molecule has 1 aromatic heterocycles. The van der Waals surface area contributed by atoms with E-state index in [4.69, 9.17) is 0 Å². The molecule has 0 saturated carbocycles. The van der Waals surface area contributed by atoms with Crippen molar-refractivity contribution in [2.24, 2.45) is 0 Å². The van der Waals surface area contributed by atoms with Crippen molar-refractivity contribution >= 4 is 5.91 Å². The van der Waals surface area contributed by atoms with Crippen LogP contribution in [0.5, 0.6) is 0 Å². The van der Waals surface area contributed by atoms with Gasteiger partial charge in [0.2, 0.25) is 0 Å². The summed E-state index contributed by atoms with van der Waals surface area (Å²) in [7, 11) is 1.81. The number of hydrogen-bond donors (Lipinski definition) is 0. The number of pyridine rings is 1. The average molecular weight is 240 g/mol. The highest BCUT2D eigenvalue weighted by molar-refractivity contribution is 5.94. The summed E-state index contributed by atoms with van der Waals surface area (Å²) in [4.78, 5) is 18.0. The first kappa shape index (κ1) is 12.3. The first-order valence-electron chi connectivity index (χ1n) is 5.89. The summed E-state index contributed by atoms with van der Waals surface area (Å²) in [6.07, 6.45) is 1.67. The van der Waals surface area contributed by atoms with E-state index < -0.39 is 0 Å². The SMILES string of the molecule is Cc1cc(C(=O)N(C)Cc2ccccc2)ccn1. The molecule has 2 aromatic rings. The maximum atomic E-state index is 12.2. The minimum Gasteiger partial charge on any atom is -0.337 e. The zero-order valence-corrected chi connectivity index (χ0v) is 10.6. The van der Waals surface area contributed by atoms with E-state index in [1.165, 1.54) is 0 Å². The Balaban J connectivity index is 2.10. The fourth-order valence-corrected chi connectivity index (χ4v) is 1.83. The number of amides is 1. The molecule has 0 spiro atoms. The van der Waals surface area contributed by atoms with Gasteiger partial charge in [-0.25, -0.2) is 0 Å². The summed E-state index contributed by atoms with van der Waals surface area (Å²) in [6, 6.07) is 13.5. The zero-order valence-electron chi connectivity index (χ0n) is 10.6. The van der Waals surface area contributed by atoms with Gasteiger partial charge in [-0.1, -0.05) is 30.3 Å². The second-order valence-electron chi connectivity index (χ2n) is 4.33. The lowest BCUT2D eigenvalue weighted by molar-refractivity contribution is 0.0785. The molecule has 0 aliphatic rings. The number of aromatic nitrogens is 1. The first-order chi connectivity index (χ1) is 8.66. The molecule has 0 aliphatic carbocycles. The van der Waals surface area contributed by atoms with Crippen LogP contribution in [0.1, 0.15) is 21.6 Å². The molecule has 1 aromatic carbocycles. The van der Waals surface area contributed by atoms with Crippen molar-refractivity contribution in [2.45, 2.75) is 13.5 Å². The van der Waals surface area contributed by atoms with Gasteiger partial charge in [0.25, 0.3) is 5.91 Å². The number of benzene rings is 1. The first-order valence-corrected chi connectivity index (χ1v) is 5.89. The van der Waals surface area contributed by atoms with Crippen LogP contribution in [0, 0.1) is 6.92 Å². The number of nitrogens with zero attached hydrogens (tertiary/aromatic N) is 2. The molecule has 0 bridgehead atoms. The van der Waals surface area contributed by atoms with Gasteiger partial charge >= 0.3 is 0 Å². The average Bonchev–Trinajstić information content (AvgIpc) is 2.39. The topological polar surface area (TPSA) is 33.2 Å². The number of aryl methyl sites for hydroxylation is 1. The third-order valence-electron chi connectivity index (χ3n) is 2.75. The molecule has 0 fully saturated rings. The van der Waals surface area contributed by atoms with Crippen molar-refractivity contribution < 1.29 is 4.79 Å². The number of rotatable bonds is 3. The van der Waals surface area contributed by atoms with Crippen LogP contribution in [0.25, 0.3) is 0 Å². The van der Waals surface area contributed by atoms with E-state index in [0.29, 0.717) is 12.1 Å². The van der Waals surface area contributed by atoms with Gasteiger partial charge in [-0.15, -0.1) is 0 Å². The van der Waals surface area contributed by atoms with Gasteiger partial charge in [0.05, 0.1) is 0 Å². The predicted molar refractivity (Wildman–Crippen MR) is 71.2 cm³/mol. The Hall–Kier alpha value is -2.16. The summed E-state index contributed by atoms with van der Waals surface area (Å²) in [6.45, 7) is 2.50. The van der Waals surface area contributed by atoms with Gasteiger partial charge < -0.3 is 4.90 Å². The maximum Gasteiger partial charge on any atom is 0.254 e. The largest absolute Gasteiger partial charge is 0.337 e. The van der Waals surface area contributed by atoms with Crippen LogP contribution in [-0.2, 0) is 6.54 Å². The molecule has 2 rings (SSSR count). The molecule has 0 saturated heterocycles. The third kappa shape index (κ3) is 2.94. The summed E-state index contributed by atoms with van der Waals surface area (Å²) < 4.78 is 0. The van der Waals surface area contributed by atoms with E-state index in [1.54, 1.807) is 17.2 Å². The lowest BCUT2D eigenvalue weighted by atomic mass is 10.2. The minimum absolute atomic E-state index is 0.0179. The Labute approximate surface area is 107 Å². The summed E-state index contributed by atoms with van der Waals surface area (Å²) in [5.41, 5.74) is 2.66. The van der Waals surface area contributed by atoms with Crippen molar-refractivity contribution in [1.29, 1.82) is 0 Å². The second kappa shape index (κ2) is 5.45. The maximum absolute atomic E-state index is 12.2. The second-order valence-corrected chi connectivity index (χ2v) is 4.33. The molecule has 92 valence electrons. The summed E-state index contributed by atoms with van der Waals surface area (Å²) >= 11 is 0. The molecule has 1 heterocycles. The molecule has 0 aliphatic heterocycles. The van der Waals surface area contributed by atoms with Crippen molar-refractivity contribution in [1.82, 2.24) is 9.88 Å². The van der Waals surface area contributed by atoms with Gasteiger partial charge in [-0.2, -0.15) is 0 Å². The van der Waals surface area contributed by atoms with Gasteiger partial charge in [0.15, 0.2) is 0 Å².